The number of carbonyl (C=O) groups excluding carboxylic acids is 1. The molecule has 0 saturated carbocycles. The molecule has 0 saturated heterocycles. The van der Waals surface area contributed by atoms with E-state index >= 15 is 0 Å². The molecule has 0 aliphatic heterocycles. The molecule has 4 rings (SSSR count). The van der Waals surface area contributed by atoms with Crippen LogP contribution in [0, 0.1) is 5.82 Å². The van der Waals surface area contributed by atoms with Gasteiger partial charge in [0, 0.05) is 28.6 Å². The molecule has 2 aromatic heterocycles. The van der Waals surface area contributed by atoms with Gasteiger partial charge in [0.05, 0.1) is 17.1 Å². The summed E-state index contributed by atoms with van der Waals surface area (Å²) >= 11 is 1.47. The number of anilines is 3. The fourth-order valence-corrected chi connectivity index (χ4v) is 4.34. The minimum atomic E-state index is -0.378. The number of nitrogens with two attached hydrogens (primary N) is 1. The third-order valence-electron chi connectivity index (χ3n) is 5.24. The van der Waals surface area contributed by atoms with E-state index < -0.39 is 0 Å². The zero-order chi connectivity index (χ0) is 24.8. The van der Waals surface area contributed by atoms with Crippen molar-refractivity contribution in [3.05, 3.63) is 95.4 Å². The number of hydrogen-bond donors (Lipinski definition) is 2. The number of allylic oxidation sites excluding steroid dienone is 1. The number of benzene rings is 2. The third-order valence-corrected chi connectivity index (χ3v) is 6.30. The first-order valence-corrected chi connectivity index (χ1v) is 11.9. The lowest BCUT2D eigenvalue weighted by Crippen LogP contribution is -2.03. The molecule has 2 heterocycles. The molecule has 0 aliphatic carbocycles. The number of hydrogen-bond acceptors (Lipinski definition) is 7. The highest BCUT2D eigenvalue weighted by molar-refractivity contribution is 7.98. The summed E-state index contributed by atoms with van der Waals surface area (Å²) in [6.45, 7) is 3.45. The van der Waals surface area contributed by atoms with Crippen molar-refractivity contribution in [1.82, 2.24) is 15.2 Å². The van der Waals surface area contributed by atoms with Crippen molar-refractivity contribution >= 4 is 40.8 Å². The SMILES string of the molecule is C/C=C\c1c(Nc2cc(-c3ccccc3F)nnc2SCc2cccc(C(C)=O)c2)ccnc1N. The lowest BCUT2D eigenvalue weighted by atomic mass is 10.1. The van der Waals surface area contributed by atoms with Crippen LogP contribution in [0.2, 0.25) is 0 Å². The maximum absolute atomic E-state index is 14.5. The fourth-order valence-electron chi connectivity index (χ4n) is 3.49. The average molecular weight is 486 g/mol. The molecule has 3 N–H and O–H groups in total. The lowest BCUT2D eigenvalue weighted by Gasteiger charge is -2.15. The van der Waals surface area contributed by atoms with E-state index in [2.05, 4.69) is 20.5 Å². The molecular formula is C27H24FN5OS. The predicted octanol–water partition coefficient (Wildman–Crippen LogP) is 6.53. The number of nitrogens with one attached hydrogen (secondary N) is 1. The van der Waals surface area contributed by atoms with Gasteiger partial charge >= 0.3 is 0 Å². The number of nitrogen functional groups attached to an aromatic ring is 1. The van der Waals surface area contributed by atoms with Crippen molar-refractivity contribution < 1.29 is 9.18 Å². The number of aromatic nitrogens is 3. The van der Waals surface area contributed by atoms with Gasteiger partial charge < -0.3 is 11.1 Å². The average Bonchev–Trinajstić information content (AvgIpc) is 2.86. The van der Waals surface area contributed by atoms with Gasteiger partial charge in [-0.1, -0.05) is 54.2 Å². The zero-order valence-electron chi connectivity index (χ0n) is 19.3. The summed E-state index contributed by atoms with van der Waals surface area (Å²) in [6, 6.07) is 17.5. The van der Waals surface area contributed by atoms with Gasteiger partial charge in [-0.15, -0.1) is 10.2 Å². The van der Waals surface area contributed by atoms with E-state index in [0.29, 0.717) is 39.1 Å². The second-order valence-corrected chi connectivity index (χ2v) is 8.72. The maximum Gasteiger partial charge on any atom is 0.159 e. The summed E-state index contributed by atoms with van der Waals surface area (Å²) in [5.41, 5.74) is 10.6. The first kappa shape index (κ1) is 24.1. The Hall–Kier alpha value is -4.04. The minimum absolute atomic E-state index is 0.0139. The van der Waals surface area contributed by atoms with Crippen LogP contribution < -0.4 is 11.1 Å². The molecule has 0 bridgehead atoms. The summed E-state index contributed by atoms with van der Waals surface area (Å²) < 4.78 is 14.5. The van der Waals surface area contributed by atoms with Crippen molar-refractivity contribution in [1.29, 1.82) is 0 Å². The van der Waals surface area contributed by atoms with Crippen LogP contribution in [0.4, 0.5) is 21.6 Å². The zero-order valence-corrected chi connectivity index (χ0v) is 20.1. The monoisotopic (exact) mass is 485 g/mol. The first-order chi connectivity index (χ1) is 17.0. The van der Waals surface area contributed by atoms with Crippen LogP contribution in [0.1, 0.15) is 35.3 Å². The molecule has 2 aromatic carbocycles. The van der Waals surface area contributed by atoms with E-state index in [4.69, 9.17) is 5.73 Å². The molecule has 0 radical (unpaired) electrons. The molecule has 0 unspecified atom stereocenters. The molecule has 176 valence electrons. The standard InChI is InChI=1S/C27H24FN5OS/c1-3-7-21-23(12-13-30-26(21)29)31-25-15-24(20-10-4-5-11-22(20)28)32-33-27(25)35-16-18-8-6-9-19(14-18)17(2)34/h3-15H,16H2,1-2H3,(H3,29,30,31,32)/b7-3-. The molecule has 0 aliphatic rings. The topological polar surface area (TPSA) is 93.8 Å². The van der Waals surface area contributed by atoms with Crippen LogP contribution in [0.3, 0.4) is 0 Å². The van der Waals surface area contributed by atoms with E-state index in [-0.39, 0.29) is 11.6 Å². The van der Waals surface area contributed by atoms with E-state index in [0.717, 1.165) is 16.8 Å². The van der Waals surface area contributed by atoms with Gasteiger partial charge in [-0.2, -0.15) is 0 Å². The van der Waals surface area contributed by atoms with E-state index in [1.54, 1.807) is 43.5 Å². The highest BCUT2D eigenvalue weighted by Crippen LogP contribution is 2.35. The summed E-state index contributed by atoms with van der Waals surface area (Å²) in [5.74, 6) is 0.598. The van der Waals surface area contributed by atoms with Crippen LogP contribution >= 0.6 is 11.8 Å². The second kappa shape index (κ2) is 10.9. The van der Waals surface area contributed by atoms with Gasteiger partial charge in [0.1, 0.15) is 16.7 Å². The number of nitrogens with zero attached hydrogens (tertiary/aromatic N) is 3. The van der Waals surface area contributed by atoms with Crippen LogP contribution in [0.25, 0.3) is 17.3 Å². The van der Waals surface area contributed by atoms with Crippen molar-refractivity contribution in [2.45, 2.75) is 24.6 Å². The van der Waals surface area contributed by atoms with Gasteiger partial charge in [-0.3, -0.25) is 4.79 Å². The highest BCUT2D eigenvalue weighted by atomic mass is 32.2. The van der Waals surface area contributed by atoms with Crippen molar-refractivity contribution in [3.63, 3.8) is 0 Å². The Bertz CT molecular complexity index is 1410. The molecular weight excluding hydrogens is 461 g/mol. The van der Waals surface area contributed by atoms with Gasteiger partial charge in [0.25, 0.3) is 0 Å². The molecule has 35 heavy (non-hydrogen) atoms. The number of rotatable bonds is 8. The Labute approximate surface area is 207 Å². The molecule has 0 amide bonds. The van der Waals surface area contributed by atoms with E-state index in [1.165, 1.54) is 17.8 Å². The normalized spacial score (nSPS) is 11.1. The molecule has 8 heteroatoms. The summed E-state index contributed by atoms with van der Waals surface area (Å²) in [5, 5.41) is 12.7. The molecule has 0 atom stereocenters. The minimum Gasteiger partial charge on any atom is -0.383 e. The predicted molar refractivity (Wildman–Crippen MR) is 140 cm³/mol. The number of thioether (sulfide) groups is 1. The molecule has 0 fully saturated rings. The van der Waals surface area contributed by atoms with Crippen LogP contribution in [-0.4, -0.2) is 21.0 Å². The van der Waals surface area contributed by atoms with E-state index in [9.17, 15) is 9.18 Å². The highest BCUT2D eigenvalue weighted by Gasteiger charge is 2.15. The van der Waals surface area contributed by atoms with Gasteiger partial charge in [-0.25, -0.2) is 9.37 Å². The van der Waals surface area contributed by atoms with Crippen LogP contribution in [0.15, 0.2) is 78.0 Å². The van der Waals surface area contributed by atoms with Gasteiger partial charge in [0.15, 0.2) is 5.78 Å². The number of pyridine rings is 1. The van der Waals surface area contributed by atoms with Crippen molar-refractivity contribution in [2.75, 3.05) is 11.1 Å². The van der Waals surface area contributed by atoms with Gasteiger partial charge in [-0.05, 0) is 49.7 Å². The summed E-state index contributed by atoms with van der Waals surface area (Å²) in [6.07, 6.45) is 5.38. The smallest absolute Gasteiger partial charge is 0.159 e. The number of carbonyl (C=O) groups is 1. The Morgan fingerprint density at radius 2 is 1.91 bits per heavy atom. The Morgan fingerprint density at radius 3 is 2.69 bits per heavy atom. The van der Waals surface area contributed by atoms with Crippen LogP contribution in [-0.2, 0) is 5.75 Å². The molecule has 4 aromatic rings. The Morgan fingerprint density at radius 1 is 1.09 bits per heavy atom. The van der Waals surface area contributed by atoms with Crippen molar-refractivity contribution in [2.24, 2.45) is 0 Å². The Kier molecular flexibility index (Phi) is 7.52. The fraction of sp³-hybridized carbons (Fsp3) is 0.111. The second-order valence-electron chi connectivity index (χ2n) is 7.76. The molecule has 6 nitrogen and oxygen atoms in total. The van der Waals surface area contributed by atoms with E-state index in [1.807, 2.05) is 43.3 Å². The van der Waals surface area contributed by atoms with Gasteiger partial charge in [0.2, 0.25) is 0 Å². The van der Waals surface area contributed by atoms with Crippen molar-refractivity contribution in [3.8, 4) is 11.3 Å². The summed E-state index contributed by atoms with van der Waals surface area (Å²) in [4.78, 5) is 15.9. The Balaban J connectivity index is 1.72. The number of halogens is 1. The number of Topliss-reactive ketones (excluding diaryl/α,β-unsaturated/α-hetero) is 1. The third kappa shape index (κ3) is 5.73. The quantitative estimate of drug-likeness (QED) is 0.216. The van der Waals surface area contributed by atoms with Crippen LogP contribution in [0.5, 0.6) is 0 Å². The largest absolute Gasteiger partial charge is 0.383 e. The number of ketones is 1. The lowest BCUT2D eigenvalue weighted by molar-refractivity contribution is 0.101. The summed E-state index contributed by atoms with van der Waals surface area (Å²) in [7, 11) is 0. The molecule has 0 spiro atoms. The maximum atomic E-state index is 14.5. The first-order valence-electron chi connectivity index (χ1n) is 11.0.